The molecule has 17 heavy (non-hydrogen) atoms. The van der Waals surface area contributed by atoms with E-state index in [-0.39, 0.29) is 11.5 Å². The number of benzene rings is 1. The molecule has 0 aliphatic rings. The van der Waals surface area contributed by atoms with Crippen molar-refractivity contribution in [2.45, 2.75) is 26.3 Å². The smallest absolute Gasteiger partial charge is 0.335 e. The van der Waals surface area contributed by atoms with E-state index in [1.165, 1.54) is 12.1 Å². The van der Waals surface area contributed by atoms with Crippen LogP contribution < -0.4 is 11.1 Å². The van der Waals surface area contributed by atoms with Gasteiger partial charge in [0.15, 0.2) is 0 Å². The fourth-order valence-electron chi connectivity index (χ4n) is 1.30. The van der Waals surface area contributed by atoms with E-state index in [0.717, 1.165) is 5.56 Å². The molecular weight excluding hydrogens is 220 g/mol. The second-order valence-corrected chi connectivity index (χ2v) is 3.84. The fourth-order valence-corrected chi connectivity index (χ4v) is 1.30. The molecule has 0 spiro atoms. The van der Waals surface area contributed by atoms with Gasteiger partial charge in [0, 0.05) is 5.69 Å². The Morgan fingerprint density at radius 2 is 2.12 bits per heavy atom. The third-order valence-electron chi connectivity index (χ3n) is 2.52. The highest BCUT2D eigenvalue weighted by Gasteiger charge is 2.13. The lowest BCUT2D eigenvalue weighted by Gasteiger charge is -2.12. The van der Waals surface area contributed by atoms with Crippen molar-refractivity contribution in [3.8, 4) is 0 Å². The Labute approximate surface area is 99.6 Å². The Morgan fingerprint density at radius 3 is 2.65 bits per heavy atom. The first-order valence-corrected chi connectivity index (χ1v) is 5.36. The Kier molecular flexibility index (Phi) is 4.23. The Balaban J connectivity index is 2.94. The SMILES string of the molecule is CC[C@@H](N)C(=O)Nc1cc(C(=O)O)ccc1C. The topological polar surface area (TPSA) is 92.4 Å². The third kappa shape index (κ3) is 3.29. The van der Waals surface area contributed by atoms with Gasteiger partial charge in [-0.2, -0.15) is 0 Å². The van der Waals surface area contributed by atoms with Gasteiger partial charge >= 0.3 is 5.97 Å². The van der Waals surface area contributed by atoms with Crippen LogP contribution in [0.4, 0.5) is 5.69 Å². The van der Waals surface area contributed by atoms with Gasteiger partial charge in [-0.1, -0.05) is 13.0 Å². The Hall–Kier alpha value is -1.88. The van der Waals surface area contributed by atoms with Crippen LogP contribution in [-0.4, -0.2) is 23.0 Å². The summed E-state index contributed by atoms with van der Waals surface area (Å²) in [5.74, 6) is -1.33. The molecule has 5 nitrogen and oxygen atoms in total. The fraction of sp³-hybridized carbons (Fsp3) is 0.333. The first-order chi connectivity index (χ1) is 7.95. The van der Waals surface area contributed by atoms with Gasteiger partial charge in [-0.25, -0.2) is 4.79 Å². The lowest BCUT2D eigenvalue weighted by Crippen LogP contribution is -2.35. The van der Waals surface area contributed by atoms with Gasteiger partial charge in [0.05, 0.1) is 11.6 Å². The number of hydrogen-bond acceptors (Lipinski definition) is 3. The van der Waals surface area contributed by atoms with Gasteiger partial charge in [0.1, 0.15) is 0 Å². The number of rotatable bonds is 4. The number of hydrogen-bond donors (Lipinski definition) is 3. The van der Waals surface area contributed by atoms with Crippen LogP contribution in [0.1, 0.15) is 29.3 Å². The molecule has 1 amide bonds. The average molecular weight is 236 g/mol. The zero-order chi connectivity index (χ0) is 13.0. The number of amides is 1. The van der Waals surface area contributed by atoms with Crippen molar-refractivity contribution in [2.75, 3.05) is 5.32 Å². The van der Waals surface area contributed by atoms with E-state index in [1.807, 2.05) is 6.92 Å². The quantitative estimate of drug-likeness (QED) is 0.736. The first-order valence-electron chi connectivity index (χ1n) is 5.36. The number of aromatic carboxylic acids is 1. The van der Waals surface area contributed by atoms with Crippen molar-refractivity contribution in [1.82, 2.24) is 0 Å². The average Bonchev–Trinajstić information content (AvgIpc) is 2.30. The van der Waals surface area contributed by atoms with Crippen LogP contribution in [0.2, 0.25) is 0 Å². The van der Waals surface area contributed by atoms with Crippen LogP contribution in [0.3, 0.4) is 0 Å². The number of nitrogens with two attached hydrogens (primary N) is 1. The predicted molar refractivity (Wildman–Crippen MR) is 65.0 cm³/mol. The second-order valence-electron chi connectivity index (χ2n) is 3.84. The largest absolute Gasteiger partial charge is 0.478 e. The maximum Gasteiger partial charge on any atom is 0.335 e. The molecule has 5 heteroatoms. The minimum atomic E-state index is -1.03. The monoisotopic (exact) mass is 236 g/mol. The van der Waals surface area contributed by atoms with Crippen LogP contribution >= 0.6 is 0 Å². The van der Waals surface area contributed by atoms with Crippen LogP contribution in [0.5, 0.6) is 0 Å². The number of carbonyl (C=O) groups excluding carboxylic acids is 1. The number of anilines is 1. The lowest BCUT2D eigenvalue weighted by molar-refractivity contribution is -0.117. The molecule has 4 N–H and O–H groups in total. The minimum absolute atomic E-state index is 0.135. The highest BCUT2D eigenvalue weighted by Crippen LogP contribution is 2.17. The van der Waals surface area contributed by atoms with Crippen molar-refractivity contribution in [1.29, 1.82) is 0 Å². The van der Waals surface area contributed by atoms with E-state index >= 15 is 0 Å². The molecule has 1 rings (SSSR count). The summed E-state index contributed by atoms with van der Waals surface area (Å²) in [5, 5.41) is 11.5. The standard InChI is InChI=1S/C12H16N2O3/c1-3-9(13)11(15)14-10-6-8(12(16)17)5-4-7(10)2/h4-6,9H,3,13H2,1-2H3,(H,14,15)(H,16,17)/t9-/m1/s1. The maximum atomic E-state index is 11.6. The minimum Gasteiger partial charge on any atom is -0.478 e. The van der Waals surface area contributed by atoms with E-state index in [0.29, 0.717) is 12.1 Å². The summed E-state index contributed by atoms with van der Waals surface area (Å²) < 4.78 is 0. The number of nitrogens with one attached hydrogen (secondary N) is 1. The molecule has 92 valence electrons. The van der Waals surface area contributed by atoms with Crippen LogP contribution in [0.25, 0.3) is 0 Å². The highest BCUT2D eigenvalue weighted by molar-refractivity contribution is 5.97. The zero-order valence-corrected chi connectivity index (χ0v) is 9.86. The molecule has 0 aliphatic carbocycles. The molecule has 1 aromatic rings. The van der Waals surface area contributed by atoms with Gasteiger partial charge in [0.25, 0.3) is 0 Å². The van der Waals surface area contributed by atoms with Crippen molar-refractivity contribution in [2.24, 2.45) is 5.73 Å². The molecule has 0 bridgehead atoms. The van der Waals surface area contributed by atoms with Crippen molar-refractivity contribution >= 4 is 17.6 Å². The van der Waals surface area contributed by atoms with E-state index in [4.69, 9.17) is 10.8 Å². The van der Waals surface area contributed by atoms with Gasteiger partial charge in [-0.15, -0.1) is 0 Å². The summed E-state index contributed by atoms with van der Waals surface area (Å²) in [4.78, 5) is 22.4. The van der Waals surface area contributed by atoms with E-state index in [9.17, 15) is 9.59 Å². The maximum absolute atomic E-state index is 11.6. The number of carbonyl (C=O) groups is 2. The van der Waals surface area contributed by atoms with Gasteiger partial charge in [0.2, 0.25) is 5.91 Å². The van der Waals surface area contributed by atoms with E-state index < -0.39 is 12.0 Å². The molecule has 1 aromatic carbocycles. The molecule has 0 saturated heterocycles. The summed E-state index contributed by atoms with van der Waals surface area (Å²) in [7, 11) is 0. The third-order valence-corrected chi connectivity index (χ3v) is 2.52. The lowest BCUT2D eigenvalue weighted by atomic mass is 10.1. The molecular formula is C12H16N2O3. The number of aryl methyl sites for hydroxylation is 1. The van der Waals surface area contributed by atoms with E-state index in [2.05, 4.69) is 5.32 Å². The molecule has 0 unspecified atom stereocenters. The second kappa shape index (κ2) is 5.45. The Morgan fingerprint density at radius 1 is 1.47 bits per heavy atom. The summed E-state index contributed by atoms with van der Waals surface area (Å²) in [6.45, 7) is 3.60. The predicted octanol–water partition coefficient (Wildman–Crippen LogP) is 1.37. The molecule has 0 heterocycles. The molecule has 0 aromatic heterocycles. The Bertz CT molecular complexity index is 443. The summed E-state index contributed by atoms with van der Waals surface area (Å²) >= 11 is 0. The van der Waals surface area contributed by atoms with Gasteiger partial charge < -0.3 is 16.2 Å². The normalized spacial score (nSPS) is 11.9. The summed E-state index contributed by atoms with van der Waals surface area (Å²) in [5.41, 5.74) is 7.00. The molecule has 0 radical (unpaired) electrons. The van der Waals surface area contributed by atoms with Crippen molar-refractivity contribution in [3.05, 3.63) is 29.3 Å². The van der Waals surface area contributed by atoms with Crippen LogP contribution in [-0.2, 0) is 4.79 Å². The first kappa shape index (κ1) is 13.2. The summed E-state index contributed by atoms with van der Waals surface area (Å²) in [6.07, 6.45) is 0.531. The van der Waals surface area contributed by atoms with Crippen LogP contribution in [0.15, 0.2) is 18.2 Å². The molecule has 0 saturated carbocycles. The van der Waals surface area contributed by atoms with Gasteiger partial charge in [-0.3, -0.25) is 4.79 Å². The summed E-state index contributed by atoms with van der Waals surface area (Å²) in [6, 6.07) is 3.99. The zero-order valence-electron chi connectivity index (χ0n) is 9.86. The number of carboxylic acid groups (broad SMARTS) is 1. The highest BCUT2D eigenvalue weighted by atomic mass is 16.4. The molecule has 1 atom stereocenters. The van der Waals surface area contributed by atoms with E-state index in [1.54, 1.807) is 13.0 Å². The van der Waals surface area contributed by atoms with Crippen molar-refractivity contribution in [3.63, 3.8) is 0 Å². The molecule has 0 aliphatic heterocycles. The molecule has 0 fully saturated rings. The van der Waals surface area contributed by atoms with Crippen LogP contribution in [0, 0.1) is 6.92 Å². The van der Waals surface area contributed by atoms with Crippen molar-refractivity contribution < 1.29 is 14.7 Å². The van der Waals surface area contributed by atoms with Gasteiger partial charge in [-0.05, 0) is 31.0 Å². The number of carboxylic acids is 1.